The van der Waals surface area contributed by atoms with Crippen LogP contribution in [0.2, 0.25) is 0 Å². The molecule has 2 N–H and O–H groups in total. The molecule has 0 bridgehead atoms. The predicted octanol–water partition coefficient (Wildman–Crippen LogP) is 2.77. The van der Waals surface area contributed by atoms with E-state index in [0.717, 1.165) is 18.7 Å². The lowest BCUT2D eigenvalue weighted by Gasteiger charge is -2.35. The van der Waals surface area contributed by atoms with E-state index in [9.17, 15) is 0 Å². The van der Waals surface area contributed by atoms with Gasteiger partial charge < -0.3 is 10.3 Å². The van der Waals surface area contributed by atoms with E-state index >= 15 is 0 Å². The number of nitrogens with zero attached hydrogens (tertiary/aromatic N) is 2. The summed E-state index contributed by atoms with van der Waals surface area (Å²) in [6.45, 7) is 11.0. The van der Waals surface area contributed by atoms with Crippen LogP contribution in [-0.2, 0) is 6.42 Å². The lowest BCUT2D eigenvalue weighted by Crippen LogP contribution is -2.38. The van der Waals surface area contributed by atoms with Gasteiger partial charge in [0.05, 0.1) is 6.04 Å². The lowest BCUT2D eigenvalue weighted by atomic mass is 9.82. The molecule has 2 unspecified atom stereocenters. The first kappa shape index (κ1) is 13.2. The lowest BCUT2D eigenvalue weighted by molar-refractivity contribution is 0.208. The second-order valence-corrected chi connectivity index (χ2v) is 5.67. The number of aromatic nitrogens is 2. The third kappa shape index (κ3) is 2.85. The summed E-state index contributed by atoms with van der Waals surface area (Å²) in [4.78, 5) is 4.43. The Balaban J connectivity index is 3.06. The van der Waals surface area contributed by atoms with Crippen LogP contribution in [0, 0.1) is 5.41 Å². The molecule has 0 radical (unpaired) electrons. The quantitative estimate of drug-likeness (QED) is 0.853. The van der Waals surface area contributed by atoms with E-state index in [1.165, 1.54) is 0 Å². The molecule has 1 heterocycles. The minimum atomic E-state index is 0.129. The fourth-order valence-corrected chi connectivity index (χ4v) is 2.47. The molecule has 0 aliphatic carbocycles. The first-order valence-electron chi connectivity index (χ1n) is 6.15. The molecular weight excluding hydrogens is 198 g/mol. The summed E-state index contributed by atoms with van der Waals surface area (Å²) in [5.41, 5.74) is 6.28. The standard InChI is InChI=1S/C13H25N3/c1-6-7-11-15-8-9-16(11)12(10(2)14)13(3,4)5/h8-10,12H,6-7,14H2,1-5H3. The van der Waals surface area contributed by atoms with Gasteiger partial charge in [-0.05, 0) is 18.8 Å². The van der Waals surface area contributed by atoms with E-state index in [1.807, 2.05) is 6.20 Å². The van der Waals surface area contributed by atoms with Gasteiger partial charge in [-0.2, -0.15) is 0 Å². The van der Waals surface area contributed by atoms with Gasteiger partial charge in [-0.25, -0.2) is 4.98 Å². The van der Waals surface area contributed by atoms with Crippen molar-refractivity contribution in [3.05, 3.63) is 18.2 Å². The van der Waals surface area contributed by atoms with Crippen LogP contribution in [0.5, 0.6) is 0 Å². The van der Waals surface area contributed by atoms with Gasteiger partial charge in [-0.15, -0.1) is 0 Å². The van der Waals surface area contributed by atoms with E-state index in [2.05, 4.69) is 50.4 Å². The van der Waals surface area contributed by atoms with Gasteiger partial charge in [0.15, 0.2) is 0 Å². The Morgan fingerprint density at radius 1 is 1.44 bits per heavy atom. The number of aryl methyl sites for hydroxylation is 1. The third-order valence-corrected chi connectivity index (χ3v) is 2.91. The van der Waals surface area contributed by atoms with Crippen molar-refractivity contribution in [1.29, 1.82) is 0 Å². The number of nitrogens with two attached hydrogens (primary N) is 1. The highest BCUT2D eigenvalue weighted by atomic mass is 15.1. The average molecular weight is 223 g/mol. The Labute approximate surface area is 99.1 Å². The molecule has 1 aromatic rings. The Kier molecular flexibility index (Phi) is 4.14. The van der Waals surface area contributed by atoms with Crippen molar-refractivity contribution in [2.75, 3.05) is 0 Å². The van der Waals surface area contributed by atoms with E-state index in [-0.39, 0.29) is 11.5 Å². The Morgan fingerprint density at radius 3 is 2.50 bits per heavy atom. The number of rotatable bonds is 4. The van der Waals surface area contributed by atoms with Crippen LogP contribution in [0.1, 0.15) is 52.9 Å². The second kappa shape index (κ2) is 5.00. The summed E-state index contributed by atoms with van der Waals surface area (Å²) in [6, 6.07) is 0.432. The molecule has 0 aliphatic heterocycles. The molecule has 0 fully saturated rings. The fraction of sp³-hybridized carbons (Fsp3) is 0.769. The highest BCUT2D eigenvalue weighted by Crippen LogP contribution is 2.33. The molecular formula is C13H25N3. The molecule has 0 saturated heterocycles. The number of hydrogen-bond donors (Lipinski definition) is 1. The van der Waals surface area contributed by atoms with Crippen LogP contribution in [0.4, 0.5) is 0 Å². The van der Waals surface area contributed by atoms with Crippen molar-refractivity contribution in [2.45, 2.75) is 59.5 Å². The molecule has 1 rings (SSSR count). The smallest absolute Gasteiger partial charge is 0.108 e. The summed E-state index contributed by atoms with van der Waals surface area (Å²) < 4.78 is 2.26. The first-order chi connectivity index (χ1) is 7.38. The van der Waals surface area contributed by atoms with Gasteiger partial charge in [0, 0.05) is 24.9 Å². The Bertz CT molecular complexity index is 320. The largest absolute Gasteiger partial charge is 0.330 e. The molecule has 3 heteroatoms. The maximum absolute atomic E-state index is 6.13. The van der Waals surface area contributed by atoms with Crippen LogP contribution < -0.4 is 5.73 Å². The van der Waals surface area contributed by atoms with Crippen molar-refractivity contribution < 1.29 is 0 Å². The summed E-state index contributed by atoms with van der Waals surface area (Å²) in [5.74, 6) is 1.15. The van der Waals surface area contributed by atoms with Crippen molar-refractivity contribution in [2.24, 2.45) is 11.1 Å². The molecule has 0 aromatic carbocycles. The minimum Gasteiger partial charge on any atom is -0.330 e. The van der Waals surface area contributed by atoms with Crippen LogP contribution in [-0.4, -0.2) is 15.6 Å². The molecule has 1 aromatic heterocycles. The van der Waals surface area contributed by atoms with Crippen LogP contribution in [0.25, 0.3) is 0 Å². The zero-order chi connectivity index (χ0) is 12.3. The summed E-state index contributed by atoms with van der Waals surface area (Å²) in [6.07, 6.45) is 6.08. The molecule has 92 valence electrons. The van der Waals surface area contributed by atoms with Crippen LogP contribution in [0.15, 0.2) is 12.4 Å². The van der Waals surface area contributed by atoms with Crippen molar-refractivity contribution in [1.82, 2.24) is 9.55 Å². The van der Waals surface area contributed by atoms with Gasteiger partial charge in [-0.3, -0.25) is 0 Å². The normalized spacial score (nSPS) is 16.1. The Hall–Kier alpha value is -0.830. The van der Waals surface area contributed by atoms with Gasteiger partial charge in [0.2, 0.25) is 0 Å². The Morgan fingerprint density at radius 2 is 2.06 bits per heavy atom. The molecule has 0 spiro atoms. The predicted molar refractivity (Wildman–Crippen MR) is 68.4 cm³/mol. The third-order valence-electron chi connectivity index (χ3n) is 2.91. The average Bonchev–Trinajstić information content (AvgIpc) is 2.50. The van der Waals surface area contributed by atoms with E-state index < -0.39 is 0 Å². The summed E-state index contributed by atoms with van der Waals surface area (Å²) >= 11 is 0. The van der Waals surface area contributed by atoms with Gasteiger partial charge in [0.1, 0.15) is 5.82 Å². The number of hydrogen-bond acceptors (Lipinski definition) is 2. The summed E-state index contributed by atoms with van der Waals surface area (Å²) in [7, 11) is 0. The molecule has 16 heavy (non-hydrogen) atoms. The molecule has 0 aliphatic rings. The molecule has 3 nitrogen and oxygen atoms in total. The van der Waals surface area contributed by atoms with Crippen LogP contribution in [0.3, 0.4) is 0 Å². The van der Waals surface area contributed by atoms with E-state index in [1.54, 1.807) is 0 Å². The topological polar surface area (TPSA) is 43.8 Å². The number of imidazole rings is 1. The van der Waals surface area contributed by atoms with Crippen molar-refractivity contribution >= 4 is 0 Å². The van der Waals surface area contributed by atoms with Gasteiger partial charge in [0.25, 0.3) is 0 Å². The highest BCUT2D eigenvalue weighted by molar-refractivity contribution is 5.00. The maximum atomic E-state index is 6.13. The van der Waals surface area contributed by atoms with Gasteiger partial charge in [-0.1, -0.05) is 27.7 Å². The highest BCUT2D eigenvalue weighted by Gasteiger charge is 2.30. The molecule has 2 atom stereocenters. The second-order valence-electron chi connectivity index (χ2n) is 5.67. The minimum absolute atomic E-state index is 0.129. The first-order valence-corrected chi connectivity index (χ1v) is 6.15. The van der Waals surface area contributed by atoms with Crippen LogP contribution >= 0.6 is 0 Å². The molecule has 0 saturated carbocycles. The fourth-order valence-electron chi connectivity index (χ4n) is 2.47. The zero-order valence-corrected chi connectivity index (χ0v) is 11.2. The summed E-state index contributed by atoms with van der Waals surface area (Å²) in [5, 5.41) is 0. The SMILES string of the molecule is CCCc1nccn1C(C(C)N)C(C)(C)C. The van der Waals surface area contributed by atoms with Crippen molar-refractivity contribution in [3.63, 3.8) is 0 Å². The molecule has 0 amide bonds. The maximum Gasteiger partial charge on any atom is 0.108 e. The van der Waals surface area contributed by atoms with Gasteiger partial charge >= 0.3 is 0 Å². The van der Waals surface area contributed by atoms with E-state index in [0.29, 0.717) is 6.04 Å². The zero-order valence-electron chi connectivity index (χ0n) is 11.2. The van der Waals surface area contributed by atoms with Crippen molar-refractivity contribution in [3.8, 4) is 0 Å². The monoisotopic (exact) mass is 223 g/mol. The van der Waals surface area contributed by atoms with E-state index in [4.69, 9.17) is 5.73 Å².